The van der Waals surface area contributed by atoms with E-state index < -0.39 is 0 Å². The Balaban J connectivity index is 1.83. The van der Waals surface area contributed by atoms with Crippen LogP contribution in [0, 0.1) is 5.92 Å². The Morgan fingerprint density at radius 3 is 2.52 bits per heavy atom. The zero-order chi connectivity index (χ0) is 23.4. The molecule has 1 atom stereocenters. The number of para-hydroxylation sites is 1. The van der Waals surface area contributed by atoms with E-state index in [1.165, 1.54) is 0 Å². The second-order valence-electron chi connectivity index (χ2n) is 8.51. The quantitative estimate of drug-likeness (QED) is 0.460. The van der Waals surface area contributed by atoms with Crippen LogP contribution in [0.15, 0.2) is 53.3 Å². The number of nitrogens with zero attached hydrogens (tertiary/aromatic N) is 3. The second-order valence-corrected chi connectivity index (χ2v) is 8.51. The zero-order valence-corrected chi connectivity index (χ0v) is 19.5. The Kier molecular flexibility index (Phi) is 7.08. The summed E-state index contributed by atoms with van der Waals surface area (Å²) in [5, 5.41) is 0.542. The molecule has 0 radical (unpaired) electrons. The van der Waals surface area contributed by atoms with E-state index in [2.05, 4.69) is 0 Å². The third-order valence-electron chi connectivity index (χ3n) is 6.46. The van der Waals surface area contributed by atoms with Crippen LogP contribution in [-0.4, -0.2) is 47.7 Å². The molecule has 1 heterocycles. The number of hydrogen-bond acceptors (Lipinski definition) is 5. The van der Waals surface area contributed by atoms with Crippen LogP contribution < -0.4 is 10.3 Å². The summed E-state index contributed by atoms with van der Waals surface area (Å²) in [7, 11) is 3.27. The van der Waals surface area contributed by atoms with Gasteiger partial charge >= 0.3 is 0 Å². The summed E-state index contributed by atoms with van der Waals surface area (Å²) in [5.41, 5.74) is 1.16. The van der Waals surface area contributed by atoms with Crippen molar-refractivity contribution in [3.05, 3.63) is 64.7 Å². The van der Waals surface area contributed by atoms with Crippen LogP contribution >= 0.6 is 0 Å². The number of carbonyl (C=O) groups is 1. The minimum absolute atomic E-state index is 0.0524. The highest BCUT2D eigenvalue weighted by molar-refractivity contribution is 5.80. The van der Waals surface area contributed by atoms with Crippen molar-refractivity contribution in [3.8, 4) is 11.4 Å². The number of hydrogen-bond donors (Lipinski definition) is 0. The number of amides is 1. The lowest BCUT2D eigenvalue weighted by atomic mass is 9.84. The first-order chi connectivity index (χ1) is 16.0. The Hall–Kier alpha value is -3.19. The smallest absolute Gasteiger partial charge is 0.266 e. The number of aromatic nitrogens is 2. The van der Waals surface area contributed by atoms with Crippen molar-refractivity contribution in [1.29, 1.82) is 0 Å². The average molecular weight is 450 g/mol. The predicted octanol–water partition coefficient (Wildman–Crippen LogP) is 4.12. The molecule has 0 saturated heterocycles. The lowest BCUT2D eigenvalue weighted by Crippen LogP contribution is -2.43. The Labute approximate surface area is 194 Å². The summed E-state index contributed by atoms with van der Waals surface area (Å²) in [4.78, 5) is 33.8. The number of fused-ring (bicyclic) bond motifs is 1. The number of carbonyl (C=O) groups excluding carboxylic acids is 1. The molecular formula is C26H31N3O4. The lowest BCUT2D eigenvalue weighted by Gasteiger charge is -2.36. The van der Waals surface area contributed by atoms with Crippen molar-refractivity contribution in [2.24, 2.45) is 5.92 Å². The van der Waals surface area contributed by atoms with Gasteiger partial charge in [0.2, 0.25) is 5.91 Å². The molecule has 0 N–H and O–H groups in total. The molecule has 1 aromatic heterocycles. The van der Waals surface area contributed by atoms with E-state index in [9.17, 15) is 9.59 Å². The normalized spacial score (nSPS) is 14.6. The average Bonchev–Trinajstić information content (AvgIpc) is 2.80. The van der Waals surface area contributed by atoms with Crippen LogP contribution in [0.25, 0.3) is 16.6 Å². The van der Waals surface area contributed by atoms with E-state index in [4.69, 9.17) is 14.5 Å². The molecule has 2 aromatic carbocycles. The van der Waals surface area contributed by atoms with Gasteiger partial charge in [0.1, 0.15) is 11.6 Å². The van der Waals surface area contributed by atoms with Crippen molar-refractivity contribution < 1.29 is 14.3 Å². The fourth-order valence-corrected chi connectivity index (χ4v) is 4.31. The summed E-state index contributed by atoms with van der Waals surface area (Å²) < 4.78 is 12.1. The third kappa shape index (κ3) is 4.64. The van der Waals surface area contributed by atoms with Crippen molar-refractivity contribution in [3.63, 3.8) is 0 Å². The maximum absolute atomic E-state index is 13.6. The third-order valence-corrected chi connectivity index (χ3v) is 6.46. The maximum Gasteiger partial charge on any atom is 0.266 e. The molecule has 33 heavy (non-hydrogen) atoms. The highest BCUT2D eigenvalue weighted by Crippen LogP contribution is 2.32. The van der Waals surface area contributed by atoms with Crippen molar-refractivity contribution in [1.82, 2.24) is 14.5 Å². The molecule has 1 saturated carbocycles. The van der Waals surface area contributed by atoms with Crippen molar-refractivity contribution in [2.45, 2.75) is 38.6 Å². The Morgan fingerprint density at radius 1 is 1.15 bits per heavy atom. The van der Waals surface area contributed by atoms with Gasteiger partial charge < -0.3 is 14.4 Å². The Bertz CT molecular complexity index is 1170. The van der Waals surface area contributed by atoms with Gasteiger partial charge in [0.05, 0.1) is 29.7 Å². The molecule has 4 rings (SSSR count). The van der Waals surface area contributed by atoms with E-state index in [-0.39, 0.29) is 23.4 Å². The van der Waals surface area contributed by atoms with Crippen LogP contribution in [0.4, 0.5) is 0 Å². The summed E-state index contributed by atoms with van der Waals surface area (Å²) in [6, 6.07) is 14.3. The molecule has 7 heteroatoms. The lowest BCUT2D eigenvalue weighted by molar-refractivity contribution is -0.140. The monoisotopic (exact) mass is 449 g/mol. The van der Waals surface area contributed by atoms with Crippen LogP contribution in [-0.2, 0) is 9.53 Å². The molecule has 1 unspecified atom stereocenters. The zero-order valence-electron chi connectivity index (χ0n) is 19.5. The number of rotatable bonds is 9. The van der Waals surface area contributed by atoms with Gasteiger partial charge in [0, 0.05) is 26.2 Å². The molecule has 3 aromatic rings. The van der Waals surface area contributed by atoms with Crippen molar-refractivity contribution in [2.75, 3.05) is 27.4 Å². The fraction of sp³-hybridized carbons (Fsp3) is 0.423. The molecule has 174 valence electrons. The van der Waals surface area contributed by atoms with E-state index in [0.29, 0.717) is 41.3 Å². The van der Waals surface area contributed by atoms with Crippen LogP contribution in [0.1, 0.15) is 44.5 Å². The van der Waals surface area contributed by atoms with Gasteiger partial charge in [-0.3, -0.25) is 14.2 Å². The van der Waals surface area contributed by atoms with Gasteiger partial charge in [-0.25, -0.2) is 4.98 Å². The summed E-state index contributed by atoms with van der Waals surface area (Å²) in [6.07, 6.45) is 3.65. The number of benzene rings is 2. The standard InChI is InChI=1S/C26H31N3O4/c1-18(28(16-7-17-32-2)25(30)19-8-6-9-19)24-27-23-11-5-4-10-22(23)26(31)29(24)20-12-14-21(33-3)15-13-20/h4-5,10-15,18-19H,6-9,16-17H2,1-3H3. The first-order valence-corrected chi connectivity index (χ1v) is 11.5. The van der Waals surface area contributed by atoms with Gasteiger partial charge in [-0.1, -0.05) is 18.6 Å². The number of methoxy groups -OCH3 is 2. The SMILES string of the molecule is COCCCN(C(=O)C1CCC1)C(C)c1nc2ccccc2c(=O)n1-c1ccc(OC)cc1. The molecule has 1 fully saturated rings. The van der Waals surface area contributed by atoms with E-state index in [1.807, 2.05) is 54.3 Å². The molecule has 1 aliphatic rings. The van der Waals surface area contributed by atoms with E-state index in [0.717, 1.165) is 25.7 Å². The largest absolute Gasteiger partial charge is 0.497 e. The van der Waals surface area contributed by atoms with Crippen LogP contribution in [0.2, 0.25) is 0 Å². The fourth-order valence-electron chi connectivity index (χ4n) is 4.31. The van der Waals surface area contributed by atoms with E-state index in [1.54, 1.807) is 24.9 Å². The van der Waals surface area contributed by atoms with Gasteiger partial charge in [-0.15, -0.1) is 0 Å². The van der Waals surface area contributed by atoms with Crippen LogP contribution in [0.5, 0.6) is 5.75 Å². The topological polar surface area (TPSA) is 73.7 Å². The first-order valence-electron chi connectivity index (χ1n) is 11.5. The molecule has 1 aliphatic carbocycles. The first kappa shape index (κ1) is 23.0. The second kappa shape index (κ2) is 10.2. The molecule has 7 nitrogen and oxygen atoms in total. The summed E-state index contributed by atoms with van der Waals surface area (Å²) in [6.45, 7) is 3.08. The highest BCUT2D eigenvalue weighted by Gasteiger charge is 2.33. The minimum Gasteiger partial charge on any atom is -0.497 e. The maximum atomic E-state index is 13.6. The molecule has 0 aliphatic heterocycles. The van der Waals surface area contributed by atoms with E-state index >= 15 is 0 Å². The predicted molar refractivity (Wildman–Crippen MR) is 128 cm³/mol. The van der Waals surface area contributed by atoms with Gasteiger partial charge in [-0.05, 0) is 62.6 Å². The van der Waals surface area contributed by atoms with Gasteiger partial charge in [0.15, 0.2) is 0 Å². The molecular weight excluding hydrogens is 418 g/mol. The van der Waals surface area contributed by atoms with Crippen molar-refractivity contribution >= 4 is 16.8 Å². The Morgan fingerprint density at radius 2 is 1.88 bits per heavy atom. The minimum atomic E-state index is -0.380. The summed E-state index contributed by atoms with van der Waals surface area (Å²) >= 11 is 0. The highest BCUT2D eigenvalue weighted by atomic mass is 16.5. The van der Waals surface area contributed by atoms with Crippen LogP contribution in [0.3, 0.4) is 0 Å². The molecule has 1 amide bonds. The molecule has 0 bridgehead atoms. The molecule has 0 spiro atoms. The number of ether oxygens (including phenoxy) is 2. The van der Waals surface area contributed by atoms with Gasteiger partial charge in [0.25, 0.3) is 5.56 Å². The summed E-state index contributed by atoms with van der Waals surface area (Å²) in [5.74, 6) is 1.44. The van der Waals surface area contributed by atoms with Gasteiger partial charge in [-0.2, -0.15) is 0 Å².